The second-order valence-electron chi connectivity index (χ2n) is 19.7. The van der Waals surface area contributed by atoms with E-state index < -0.39 is 0 Å². The van der Waals surface area contributed by atoms with Gasteiger partial charge in [0.1, 0.15) is 11.2 Å². The smallest absolute Gasteiger partial charge is 0.135 e. The van der Waals surface area contributed by atoms with Gasteiger partial charge in [-0.05, 0) is 163 Å². The van der Waals surface area contributed by atoms with Crippen LogP contribution in [0.1, 0.15) is 25.0 Å². The Morgan fingerprint density at radius 1 is 0.319 bits per heavy atom. The first-order valence-electron chi connectivity index (χ1n) is 24.8. The van der Waals surface area contributed by atoms with Crippen molar-refractivity contribution in [1.29, 1.82) is 0 Å². The fourth-order valence-corrected chi connectivity index (χ4v) is 12.6. The normalized spacial score (nSPS) is 12.7. The Hall–Kier alpha value is -8.76. The maximum Gasteiger partial charge on any atom is 0.135 e. The van der Waals surface area contributed by atoms with E-state index in [2.05, 4.69) is 255 Å². The lowest BCUT2D eigenvalue weighted by atomic mass is 9.78. The number of thiophene rings is 1. The first-order chi connectivity index (χ1) is 35.4. The summed E-state index contributed by atoms with van der Waals surface area (Å²) in [5.41, 5.74) is 22.4. The molecule has 0 radical (unpaired) electrons. The molecule has 14 rings (SSSR count). The molecular formula is C69H47NOS. The van der Waals surface area contributed by atoms with E-state index in [1.54, 1.807) is 0 Å². The number of benzene rings is 11. The van der Waals surface area contributed by atoms with Crippen molar-refractivity contribution in [3.8, 4) is 66.8 Å². The van der Waals surface area contributed by atoms with E-state index in [4.69, 9.17) is 4.42 Å². The molecule has 1 aliphatic carbocycles. The fourth-order valence-electron chi connectivity index (χ4n) is 11.5. The minimum absolute atomic E-state index is 0.176. The molecule has 0 saturated carbocycles. The van der Waals surface area contributed by atoms with E-state index in [-0.39, 0.29) is 5.41 Å². The van der Waals surface area contributed by atoms with Gasteiger partial charge in [-0.1, -0.05) is 178 Å². The molecule has 0 unspecified atom stereocenters. The minimum Gasteiger partial charge on any atom is -0.456 e. The van der Waals surface area contributed by atoms with Gasteiger partial charge < -0.3 is 9.32 Å². The summed E-state index contributed by atoms with van der Waals surface area (Å²) in [5.74, 6) is 0. The SMILES string of the molecule is CC1(C)c2ccc(-c3ccc(N(c4ccc(-c5ccc6c(c5)sc5ccccc56)cc4)c4ccc(-c5ccc6oc7ccccc7c6c5)cc4)cc3)cc2-c2cc(-c3ccccc3)cc(-c3ccccc3)c21. The van der Waals surface area contributed by atoms with E-state index >= 15 is 0 Å². The third kappa shape index (κ3) is 7.00. The maximum atomic E-state index is 6.17. The van der Waals surface area contributed by atoms with E-state index in [1.165, 1.54) is 86.9 Å². The Labute approximate surface area is 423 Å². The summed E-state index contributed by atoms with van der Waals surface area (Å²) >= 11 is 1.86. The summed E-state index contributed by atoms with van der Waals surface area (Å²) in [7, 11) is 0. The highest BCUT2D eigenvalue weighted by molar-refractivity contribution is 7.25. The number of nitrogens with zero attached hydrogens (tertiary/aromatic N) is 1. The number of para-hydroxylation sites is 1. The second-order valence-corrected chi connectivity index (χ2v) is 20.7. The molecule has 2 aromatic heterocycles. The van der Waals surface area contributed by atoms with Crippen LogP contribution in [0, 0.1) is 0 Å². The van der Waals surface area contributed by atoms with Crippen LogP contribution in [-0.2, 0) is 5.41 Å². The van der Waals surface area contributed by atoms with Gasteiger partial charge in [-0.25, -0.2) is 0 Å². The highest BCUT2D eigenvalue weighted by Crippen LogP contribution is 2.54. The molecule has 0 saturated heterocycles. The van der Waals surface area contributed by atoms with Gasteiger partial charge in [0.2, 0.25) is 0 Å². The summed E-state index contributed by atoms with van der Waals surface area (Å²) in [5, 5.41) is 4.90. The van der Waals surface area contributed by atoms with Crippen LogP contribution >= 0.6 is 11.3 Å². The summed E-state index contributed by atoms with van der Waals surface area (Å²) in [6, 6.07) is 91.2. The van der Waals surface area contributed by atoms with Crippen molar-refractivity contribution in [2.24, 2.45) is 0 Å². The highest BCUT2D eigenvalue weighted by atomic mass is 32.1. The molecule has 0 amide bonds. The Kier molecular flexibility index (Phi) is 9.77. The van der Waals surface area contributed by atoms with Gasteiger partial charge in [0.25, 0.3) is 0 Å². The summed E-state index contributed by atoms with van der Waals surface area (Å²) in [4.78, 5) is 2.37. The molecule has 0 spiro atoms. The topological polar surface area (TPSA) is 16.4 Å². The Morgan fingerprint density at radius 3 is 1.47 bits per heavy atom. The molecule has 0 fully saturated rings. The summed E-state index contributed by atoms with van der Waals surface area (Å²) < 4.78 is 8.80. The molecule has 2 nitrogen and oxygen atoms in total. The van der Waals surface area contributed by atoms with Crippen LogP contribution in [0.4, 0.5) is 17.1 Å². The van der Waals surface area contributed by atoms with Crippen LogP contribution < -0.4 is 4.90 Å². The van der Waals surface area contributed by atoms with Gasteiger partial charge in [0.05, 0.1) is 0 Å². The minimum atomic E-state index is -0.176. The summed E-state index contributed by atoms with van der Waals surface area (Å²) in [6.07, 6.45) is 0. The first kappa shape index (κ1) is 42.1. The fraction of sp³-hybridized carbons (Fsp3) is 0.0435. The van der Waals surface area contributed by atoms with Crippen molar-refractivity contribution in [2.45, 2.75) is 19.3 Å². The number of furan rings is 1. The molecule has 0 bridgehead atoms. The predicted molar refractivity (Wildman–Crippen MR) is 306 cm³/mol. The van der Waals surface area contributed by atoms with E-state index in [1.807, 2.05) is 23.5 Å². The molecule has 11 aromatic carbocycles. The van der Waals surface area contributed by atoms with Gasteiger partial charge in [0.15, 0.2) is 0 Å². The highest BCUT2D eigenvalue weighted by Gasteiger charge is 2.38. The molecule has 3 heteroatoms. The Morgan fingerprint density at radius 2 is 0.792 bits per heavy atom. The Balaban J connectivity index is 0.841. The van der Waals surface area contributed by atoms with Gasteiger partial charge in [-0.3, -0.25) is 0 Å². The third-order valence-electron chi connectivity index (χ3n) is 15.1. The van der Waals surface area contributed by atoms with Gasteiger partial charge in [0, 0.05) is 53.4 Å². The van der Waals surface area contributed by atoms with Crippen molar-refractivity contribution >= 4 is 70.5 Å². The molecule has 72 heavy (non-hydrogen) atoms. The molecule has 0 N–H and O–H groups in total. The van der Waals surface area contributed by atoms with Crippen LogP contribution in [0.2, 0.25) is 0 Å². The van der Waals surface area contributed by atoms with Crippen molar-refractivity contribution in [1.82, 2.24) is 0 Å². The Bertz CT molecular complexity index is 4200. The number of hydrogen-bond acceptors (Lipinski definition) is 3. The number of rotatable bonds is 8. The largest absolute Gasteiger partial charge is 0.456 e. The third-order valence-corrected chi connectivity index (χ3v) is 16.2. The number of anilines is 3. The average molecular weight is 938 g/mol. The maximum absolute atomic E-state index is 6.17. The zero-order valence-electron chi connectivity index (χ0n) is 39.9. The molecule has 0 atom stereocenters. The second kappa shape index (κ2) is 16.7. The first-order valence-corrected chi connectivity index (χ1v) is 25.6. The lowest BCUT2D eigenvalue weighted by Crippen LogP contribution is -2.16. The number of hydrogen-bond donors (Lipinski definition) is 0. The van der Waals surface area contributed by atoms with Crippen LogP contribution in [-0.4, -0.2) is 0 Å². The van der Waals surface area contributed by atoms with Gasteiger partial charge in [-0.15, -0.1) is 11.3 Å². The zero-order valence-corrected chi connectivity index (χ0v) is 40.8. The van der Waals surface area contributed by atoms with Crippen molar-refractivity contribution in [3.05, 3.63) is 260 Å². The molecule has 1 aliphatic rings. The van der Waals surface area contributed by atoms with Crippen molar-refractivity contribution in [2.75, 3.05) is 4.90 Å². The summed E-state index contributed by atoms with van der Waals surface area (Å²) in [6.45, 7) is 4.77. The van der Waals surface area contributed by atoms with E-state index in [0.717, 1.165) is 50.1 Å². The lowest BCUT2D eigenvalue weighted by Gasteiger charge is -2.26. The molecule has 340 valence electrons. The molecule has 2 heterocycles. The van der Waals surface area contributed by atoms with E-state index in [0.29, 0.717) is 0 Å². The monoisotopic (exact) mass is 937 g/mol. The average Bonchev–Trinajstić information content (AvgIpc) is 4.08. The van der Waals surface area contributed by atoms with Gasteiger partial charge >= 0.3 is 0 Å². The van der Waals surface area contributed by atoms with Crippen LogP contribution in [0.15, 0.2) is 253 Å². The van der Waals surface area contributed by atoms with Crippen LogP contribution in [0.3, 0.4) is 0 Å². The molecule has 0 aliphatic heterocycles. The van der Waals surface area contributed by atoms with Crippen molar-refractivity contribution < 1.29 is 4.42 Å². The number of fused-ring (bicyclic) bond motifs is 9. The molecular weight excluding hydrogens is 891 g/mol. The van der Waals surface area contributed by atoms with Crippen LogP contribution in [0.25, 0.3) is 109 Å². The molecule has 13 aromatic rings. The van der Waals surface area contributed by atoms with Gasteiger partial charge in [-0.2, -0.15) is 0 Å². The van der Waals surface area contributed by atoms with Crippen LogP contribution in [0.5, 0.6) is 0 Å². The standard InChI is InChI=1S/C69H47NOS/c1-69(2)63-37-28-49(39-60(63)62-42-52(44-13-5-3-6-14-44)41-59(68(62)69)48-15-7-4-8-16-48)45-21-30-53(31-22-45)70(54-32-23-46(24-33-54)50-29-38-65-61(40-50)56-17-9-11-19-64(56)71-65)55-34-25-47(26-35-55)51-27-36-58-57-18-10-12-20-66(57)72-67(58)43-51/h3-43H,1-2H3. The zero-order chi connectivity index (χ0) is 47.9. The van der Waals surface area contributed by atoms with Crippen molar-refractivity contribution in [3.63, 3.8) is 0 Å². The van der Waals surface area contributed by atoms with E-state index in [9.17, 15) is 0 Å². The quantitative estimate of drug-likeness (QED) is 0.151. The predicted octanol–water partition coefficient (Wildman–Crippen LogP) is 20.1. The lowest BCUT2D eigenvalue weighted by molar-refractivity contribution is 0.662.